The molecule has 9 nitrogen and oxygen atoms in total. The zero-order valence-electron chi connectivity index (χ0n) is 21.1. The Kier molecular flexibility index (Phi) is 6.20. The third-order valence-electron chi connectivity index (χ3n) is 7.56. The number of aliphatic hydroxyl groups excluding tert-OH is 3. The molecule has 4 N–H and O–H groups in total. The zero-order chi connectivity index (χ0) is 27.6. The lowest BCUT2D eigenvalue weighted by molar-refractivity contribution is -0.286. The van der Waals surface area contributed by atoms with E-state index >= 15 is 4.39 Å². The summed E-state index contributed by atoms with van der Waals surface area (Å²) in [5.74, 6) is -1.59. The Morgan fingerprint density at radius 2 is 1.87 bits per heavy atom. The van der Waals surface area contributed by atoms with Crippen molar-refractivity contribution in [1.82, 2.24) is 0 Å². The highest BCUT2D eigenvalue weighted by molar-refractivity contribution is 6.00. The second-order valence-electron chi connectivity index (χ2n) is 10.9. The van der Waals surface area contributed by atoms with Crippen LogP contribution in [-0.4, -0.2) is 66.0 Å². The van der Waals surface area contributed by atoms with Gasteiger partial charge in [-0.2, -0.15) is 0 Å². The van der Waals surface area contributed by atoms with Gasteiger partial charge in [-0.1, -0.05) is 13.8 Å². The number of fused-ring (bicyclic) bond motifs is 3. The predicted octanol–water partition coefficient (Wildman–Crippen LogP) is 2.54. The lowest BCUT2D eigenvalue weighted by Crippen LogP contribution is -2.48. The van der Waals surface area contributed by atoms with E-state index in [1.807, 2.05) is 13.8 Å². The summed E-state index contributed by atoms with van der Waals surface area (Å²) in [7, 11) is 0. The smallest absolute Gasteiger partial charge is 0.492 e. The van der Waals surface area contributed by atoms with Crippen LogP contribution in [-0.2, 0) is 16.6 Å². The Morgan fingerprint density at radius 1 is 1.18 bits per heavy atom. The van der Waals surface area contributed by atoms with Crippen molar-refractivity contribution < 1.29 is 47.5 Å². The SMILES string of the molecule is CC(C)(CO)[C@@H]1Cc2cc(NC(=O)[C@@]3(C)COc4cc5c(cc43)OC(F)(F)O5)c(F)cc2N1C[C@@H](O)CO. The van der Waals surface area contributed by atoms with E-state index in [0.717, 1.165) is 0 Å². The molecule has 38 heavy (non-hydrogen) atoms. The van der Waals surface area contributed by atoms with E-state index in [1.165, 1.54) is 24.3 Å². The molecular weight excluding hydrogens is 509 g/mol. The molecule has 2 aromatic carbocycles. The molecule has 0 saturated carbocycles. The monoisotopic (exact) mass is 538 g/mol. The van der Waals surface area contributed by atoms with E-state index in [4.69, 9.17) is 4.74 Å². The van der Waals surface area contributed by atoms with Crippen molar-refractivity contribution in [1.29, 1.82) is 0 Å². The summed E-state index contributed by atoms with van der Waals surface area (Å²) in [6, 6.07) is 4.96. The lowest BCUT2D eigenvalue weighted by Gasteiger charge is -2.39. The van der Waals surface area contributed by atoms with Crippen LogP contribution in [0.15, 0.2) is 24.3 Å². The molecule has 1 amide bonds. The Hall–Kier alpha value is -3.22. The number of halogens is 3. The van der Waals surface area contributed by atoms with Crippen molar-refractivity contribution in [3.63, 3.8) is 0 Å². The second kappa shape index (κ2) is 8.92. The molecule has 3 aliphatic heterocycles. The summed E-state index contributed by atoms with van der Waals surface area (Å²) in [5.41, 5.74) is -0.553. The first-order valence-corrected chi connectivity index (χ1v) is 12.2. The molecule has 0 aliphatic carbocycles. The standard InChI is InChI=1S/C26H29F3N2O7/c1-24(2,11-33)22-5-13-4-17(16(27)7-18(13)31(22)9-14(34)10-32)30-23(35)25(3)12-36-19-8-21-20(6-15(19)25)37-26(28,29)38-21/h4,6-8,14,22,32-34H,5,9-12H2,1-3H3,(H,30,35)/t14-,22+,25+/m1/s1. The van der Waals surface area contributed by atoms with Crippen LogP contribution in [0.1, 0.15) is 31.9 Å². The lowest BCUT2D eigenvalue weighted by atomic mass is 9.83. The van der Waals surface area contributed by atoms with Gasteiger partial charge in [-0.05, 0) is 37.1 Å². The summed E-state index contributed by atoms with van der Waals surface area (Å²) in [6.45, 7) is 4.53. The molecule has 0 spiro atoms. The number of hydrogen-bond donors (Lipinski definition) is 4. The van der Waals surface area contributed by atoms with Gasteiger partial charge in [0.05, 0.1) is 25.0 Å². The van der Waals surface area contributed by atoms with Crippen LogP contribution in [0, 0.1) is 11.2 Å². The maximum atomic E-state index is 15.3. The Balaban J connectivity index is 1.43. The van der Waals surface area contributed by atoms with Crippen molar-refractivity contribution in [2.24, 2.45) is 5.41 Å². The number of β-amino-alcohol motifs (C(OH)–C–C–N with tert-alkyl or cyclic N) is 1. The van der Waals surface area contributed by atoms with Crippen LogP contribution < -0.4 is 24.4 Å². The van der Waals surface area contributed by atoms with E-state index in [-0.39, 0.29) is 48.7 Å². The van der Waals surface area contributed by atoms with Crippen LogP contribution in [0.25, 0.3) is 0 Å². The van der Waals surface area contributed by atoms with Gasteiger partial charge in [-0.25, -0.2) is 4.39 Å². The minimum absolute atomic E-state index is 0.0318. The number of aliphatic hydroxyl groups is 3. The molecule has 3 heterocycles. The summed E-state index contributed by atoms with van der Waals surface area (Å²) >= 11 is 0. The normalized spacial score (nSPS) is 23.6. The van der Waals surface area contributed by atoms with Crippen LogP contribution >= 0.6 is 0 Å². The van der Waals surface area contributed by atoms with Crippen LogP contribution in [0.2, 0.25) is 0 Å². The van der Waals surface area contributed by atoms with Crippen molar-refractivity contribution in [3.05, 3.63) is 41.2 Å². The number of anilines is 2. The molecule has 12 heteroatoms. The largest absolute Gasteiger partial charge is 0.586 e. The molecule has 0 radical (unpaired) electrons. The number of carbonyl (C=O) groups is 1. The average Bonchev–Trinajstić information content (AvgIpc) is 3.48. The maximum absolute atomic E-state index is 15.3. The number of rotatable bonds is 7. The molecule has 3 aliphatic rings. The highest BCUT2D eigenvalue weighted by atomic mass is 19.3. The van der Waals surface area contributed by atoms with E-state index < -0.39 is 41.6 Å². The molecule has 3 atom stereocenters. The quantitative estimate of drug-likeness (QED) is 0.425. The number of benzene rings is 2. The van der Waals surface area contributed by atoms with Crippen molar-refractivity contribution in [3.8, 4) is 17.2 Å². The number of amides is 1. The highest BCUT2D eigenvalue weighted by Crippen LogP contribution is 2.50. The Morgan fingerprint density at radius 3 is 2.53 bits per heavy atom. The van der Waals surface area contributed by atoms with Gasteiger partial charge in [-0.15, -0.1) is 8.78 Å². The predicted molar refractivity (Wildman–Crippen MR) is 129 cm³/mol. The van der Waals surface area contributed by atoms with Gasteiger partial charge < -0.3 is 39.7 Å². The first-order chi connectivity index (χ1) is 17.8. The van der Waals surface area contributed by atoms with E-state index in [9.17, 15) is 28.9 Å². The van der Waals surface area contributed by atoms with E-state index in [1.54, 1.807) is 11.8 Å². The molecule has 5 rings (SSSR count). The first kappa shape index (κ1) is 26.4. The zero-order valence-corrected chi connectivity index (χ0v) is 21.1. The fourth-order valence-corrected chi connectivity index (χ4v) is 5.21. The summed E-state index contributed by atoms with van der Waals surface area (Å²) < 4.78 is 56.9. The number of alkyl halides is 2. The van der Waals surface area contributed by atoms with E-state index in [0.29, 0.717) is 23.2 Å². The van der Waals surface area contributed by atoms with E-state index in [2.05, 4.69) is 14.8 Å². The number of nitrogens with zero attached hydrogens (tertiary/aromatic N) is 1. The van der Waals surface area contributed by atoms with Gasteiger partial charge in [0.1, 0.15) is 23.6 Å². The van der Waals surface area contributed by atoms with Gasteiger partial charge in [0.15, 0.2) is 11.5 Å². The van der Waals surface area contributed by atoms with Gasteiger partial charge in [0.2, 0.25) is 5.91 Å². The molecule has 0 bridgehead atoms. The minimum Gasteiger partial charge on any atom is -0.492 e. The molecular formula is C26H29F3N2O7. The molecule has 0 fully saturated rings. The number of nitrogens with one attached hydrogen (secondary N) is 1. The number of carbonyl (C=O) groups excluding carboxylic acids is 1. The van der Waals surface area contributed by atoms with Crippen LogP contribution in [0.5, 0.6) is 17.2 Å². The summed E-state index contributed by atoms with van der Waals surface area (Å²) in [6.07, 6.45) is -4.49. The molecule has 0 aromatic heterocycles. The second-order valence-corrected chi connectivity index (χ2v) is 10.9. The highest BCUT2D eigenvalue weighted by Gasteiger charge is 2.49. The molecule has 2 aromatic rings. The molecule has 206 valence electrons. The molecule has 0 saturated heterocycles. The van der Waals surface area contributed by atoms with Gasteiger partial charge in [0.25, 0.3) is 0 Å². The maximum Gasteiger partial charge on any atom is 0.586 e. The van der Waals surface area contributed by atoms with Gasteiger partial charge >= 0.3 is 6.29 Å². The van der Waals surface area contributed by atoms with Crippen LogP contribution in [0.3, 0.4) is 0 Å². The fraction of sp³-hybridized carbons (Fsp3) is 0.500. The Bertz CT molecular complexity index is 1290. The van der Waals surface area contributed by atoms with Gasteiger partial charge in [-0.3, -0.25) is 4.79 Å². The summed E-state index contributed by atoms with van der Waals surface area (Å²) in [4.78, 5) is 15.2. The average molecular weight is 539 g/mol. The summed E-state index contributed by atoms with van der Waals surface area (Å²) in [5, 5.41) is 32.0. The molecule has 0 unspecified atom stereocenters. The van der Waals surface area contributed by atoms with Crippen molar-refractivity contribution in [2.75, 3.05) is 36.6 Å². The number of ether oxygens (including phenoxy) is 3. The Labute approximate surface area is 216 Å². The topological polar surface area (TPSA) is 121 Å². The van der Waals surface area contributed by atoms with Crippen molar-refractivity contribution in [2.45, 2.75) is 51.0 Å². The fourth-order valence-electron chi connectivity index (χ4n) is 5.21. The van der Waals surface area contributed by atoms with Crippen molar-refractivity contribution >= 4 is 17.3 Å². The van der Waals surface area contributed by atoms with Gasteiger partial charge in [0, 0.05) is 35.3 Å². The minimum atomic E-state index is -3.83. The van der Waals surface area contributed by atoms with Crippen LogP contribution in [0.4, 0.5) is 24.5 Å². The number of hydrogen-bond acceptors (Lipinski definition) is 8. The first-order valence-electron chi connectivity index (χ1n) is 12.2. The third-order valence-corrected chi connectivity index (χ3v) is 7.56. The third kappa shape index (κ3) is 4.30.